The van der Waals surface area contributed by atoms with E-state index >= 15 is 0 Å². The Morgan fingerprint density at radius 2 is 0.500 bits per heavy atom. The Balaban J connectivity index is 1.05. The molecule has 4 heteroatoms. The van der Waals surface area contributed by atoms with Crippen molar-refractivity contribution in [1.29, 1.82) is 0 Å². The third-order valence-corrected chi connectivity index (χ3v) is 11.9. The van der Waals surface area contributed by atoms with Crippen molar-refractivity contribution in [2.75, 3.05) is 37.7 Å². The summed E-state index contributed by atoms with van der Waals surface area (Å²) in [7, 11) is 0. The Hall–Kier alpha value is -4.06. The highest BCUT2D eigenvalue weighted by Gasteiger charge is 2.37. The maximum atomic E-state index is 3.71. The van der Waals surface area contributed by atoms with Crippen LogP contribution >= 0.6 is 23.5 Å². The van der Waals surface area contributed by atoms with Crippen molar-refractivity contribution in [3.8, 4) is 0 Å². The molecule has 48 heavy (non-hydrogen) atoms. The summed E-state index contributed by atoms with van der Waals surface area (Å²) in [5.74, 6) is 1.98. The molecule has 2 nitrogen and oxygen atoms in total. The minimum Gasteiger partial charge on any atom is -0.315 e. The number of thioether (sulfide) groups is 2. The lowest BCUT2D eigenvalue weighted by molar-refractivity contribution is 0.644. The summed E-state index contributed by atoms with van der Waals surface area (Å²) in [6.07, 6.45) is 0. The Bertz CT molecular complexity index is 1420. The maximum absolute atomic E-state index is 3.71. The van der Waals surface area contributed by atoms with Crippen LogP contribution in [0.1, 0.15) is 33.4 Å². The van der Waals surface area contributed by atoms with Crippen LogP contribution in [0.4, 0.5) is 0 Å². The standard InChI is InChI=1S/C44H44N2S2/c1-7-19-37(20-8-1)43(38-21-9-2-10-22-38,39-23-11-3-12-24-39)47-35-33-45-31-32-46-34-36-48-44(40-25-13-4-14-26-40,41-27-15-5-16-28-41)42-29-17-6-18-30-42/h1-30,45-46H,31-36H2. The van der Waals surface area contributed by atoms with Gasteiger partial charge in [-0.2, -0.15) is 0 Å². The molecule has 0 saturated carbocycles. The summed E-state index contributed by atoms with van der Waals surface area (Å²) in [4.78, 5) is 0. The molecule has 6 rings (SSSR count). The van der Waals surface area contributed by atoms with E-state index in [1.54, 1.807) is 0 Å². The first-order valence-corrected chi connectivity index (χ1v) is 18.8. The summed E-state index contributed by atoms with van der Waals surface area (Å²) in [5, 5.41) is 7.41. The number of hydrogen-bond donors (Lipinski definition) is 2. The van der Waals surface area contributed by atoms with Gasteiger partial charge in [0.05, 0.1) is 9.49 Å². The van der Waals surface area contributed by atoms with Gasteiger partial charge in [0.1, 0.15) is 0 Å². The van der Waals surface area contributed by atoms with Gasteiger partial charge < -0.3 is 10.6 Å². The fourth-order valence-corrected chi connectivity index (χ4v) is 9.44. The molecule has 242 valence electrons. The van der Waals surface area contributed by atoms with Crippen LogP contribution in [0.25, 0.3) is 0 Å². The average Bonchev–Trinajstić information content (AvgIpc) is 3.18. The molecule has 6 aromatic rings. The van der Waals surface area contributed by atoms with Gasteiger partial charge in [-0.3, -0.25) is 0 Å². The van der Waals surface area contributed by atoms with Crippen LogP contribution in [0.15, 0.2) is 182 Å². The molecule has 0 spiro atoms. The van der Waals surface area contributed by atoms with E-state index in [-0.39, 0.29) is 9.49 Å². The van der Waals surface area contributed by atoms with Crippen LogP contribution in [0, 0.1) is 0 Å². The predicted octanol–water partition coefficient (Wildman–Crippen LogP) is 9.62. The first-order valence-electron chi connectivity index (χ1n) is 16.9. The second-order valence-electron chi connectivity index (χ2n) is 11.8. The molecular formula is C44H44N2S2. The van der Waals surface area contributed by atoms with Gasteiger partial charge in [0.15, 0.2) is 0 Å². The van der Waals surface area contributed by atoms with E-state index in [2.05, 4.69) is 193 Å². The molecule has 0 fully saturated rings. The van der Waals surface area contributed by atoms with Gasteiger partial charge in [-0.15, -0.1) is 23.5 Å². The van der Waals surface area contributed by atoms with Crippen molar-refractivity contribution >= 4 is 23.5 Å². The Morgan fingerprint density at radius 3 is 0.708 bits per heavy atom. The highest BCUT2D eigenvalue weighted by Crippen LogP contribution is 2.49. The Morgan fingerprint density at radius 1 is 0.292 bits per heavy atom. The fourth-order valence-electron chi connectivity index (χ4n) is 6.52. The molecule has 0 unspecified atom stereocenters. The van der Waals surface area contributed by atoms with Gasteiger partial charge >= 0.3 is 0 Å². The SMILES string of the molecule is c1ccc(C(SCCNCCNCCSC(c2ccccc2)(c2ccccc2)c2ccccc2)(c2ccccc2)c2ccccc2)cc1. The number of rotatable bonds is 17. The molecule has 0 aliphatic carbocycles. The third-order valence-electron chi connectivity index (χ3n) is 8.76. The van der Waals surface area contributed by atoms with Gasteiger partial charge in [-0.1, -0.05) is 182 Å². The normalized spacial score (nSPS) is 11.8. The summed E-state index contributed by atoms with van der Waals surface area (Å²) < 4.78 is -0.548. The minimum atomic E-state index is -0.274. The summed E-state index contributed by atoms with van der Waals surface area (Å²) in [5.41, 5.74) is 7.86. The lowest BCUT2D eigenvalue weighted by Crippen LogP contribution is -2.32. The first kappa shape index (κ1) is 33.8. The van der Waals surface area contributed by atoms with Crippen LogP contribution in [0.5, 0.6) is 0 Å². The molecule has 0 radical (unpaired) electrons. The van der Waals surface area contributed by atoms with E-state index in [9.17, 15) is 0 Å². The van der Waals surface area contributed by atoms with E-state index in [0.717, 1.165) is 37.7 Å². The molecule has 0 saturated heterocycles. The molecular weight excluding hydrogens is 621 g/mol. The van der Waals surface area contributed by atoms with Crippen LogP contribution < -0.4 is 10.6 Å². The van der Waals surface area contributed by atoms with Gasteiger partial charge in [-0.25, -0.2) is 0 Å². The monoisotopic (exact) mass is 664 g/mol. The molecule has 2 N–H and O–H groups in total. The number of nitrogens with one attached hydrogen (secondary N) is 2. The lowest BCUT2D eigenvalue weighted by Gasteiger charge is -2.35. The second kappa shape index (κ2) is 17.4. The van der Waals surface area contributed by atoms with E-state index in [1.165, 1.54) is 33.4 Å². The van der Waals surface area contributed by atoms with Crippen LogP contribution in [-0.2, 0) is 9.49 Å². The highest BCUT2D eigenvalue weighted by atomic mass is 32.2. The Labute approximate surface area is 295 Å². The number of benzene rings is 6. The molecule has 0 aliphatic heterocycles. The van der Waals surface area contributed by atoms with Crippen LogP contribution in [0.2, 0.25) is 0 Å². The zero-order chi connectivity index (χ0) is 32.7. The summed E-state index contributed by atoms with van der Waals surface area (Å²) >= 11 is 4.02. The topological polar surface area (TPSA) is 24.1 Å². The van der Waals surface area contributed by atoms with Gasteiger partial charge in [0, 0.05) is 37.7 Å². The van der Waals surface area contributed by atoms with E-state index in [1.807, 2.05) is 23.5 Å². The Kier molecular flexibility index (Phi) is 12.2. The van der Waals surface area contributed by atoms with Gasteiger partial charge in [0.25, 0.3) is 0 Å². The van der Waals surface area contributed by atoms with Gasteiger partial charge in [0.2, 0.25) is 0 Å². The predicted molar refractivity (Wildman–Crippen MR) is 209 cm³/mol. The zero-order valence-electron chi connectivity index (χ0n) is 27.4. The number of hydrogen-bond acceptors (Lipinski definition) is 4. The van der Waals surface area contributed by atoms with Crippen molar-refractivity contribution < 1.29 is 0 Å². The largest absolute Gasteiger partial charge is 0.315 e. The molecule has 0 atom stereocenters. The quantitative estimate of drug-likeness (QED) is 0.0749. The first-order chi connectivity index (χ1) is 23.8. The van der Waals surface area contributed by atoms with Crippen molar-refractivity contribution in [3.63, 3.8) is 0 Å². The molecule has 0 heterocycles. The van der Waals surface area contributed by atoms with Gasteiger partial charge in [-0.05, 0) is 33.4 Å². The van der Waals surface area contributed by atoms with E-state index < -0.39 is 0 Å². The fraction of sp³-hybridized carbons (Fsp3) is 0.182. The average molecular weight is 665 g/mol. The van der Waals surface area contributed by atoms with Crippen LogP contribution in [-0.4, -0.2) is 37.7 Å². The second-order valence-corrected chi connectivity index (χ2v) is 14.4. The van der Waals surface area contributed by atoms with Crippen molar-refractivity contribution in [1.82, 2.24) is 10.6 Å². The summed E-state index contributed by atoms with van der Waals surface area (Å²) in [6.45, 7) is 3.74. The van der Waals surface area contributed by atoms with Crippen LogP contribution in [0.3, 0.4) is 0 Å². The highest BCUT2D eigenvalue weighted by molar-refractivity contribution is 8.00. The van der Waals surface area contributed by atoms with Crippen molar-refractivity contribution in [3.05, 3.63) is 215 Å². The summed E-state index contributed by atoms with van der Waals surface area (Å²) in [6, 6.07) is 65.7. The van der Waals surface area contributed by atoms with E-state index in [4.69, 9.17) is 0 Å². The third kappa shape index (κ3) is 7.80. The molecule has 0 aromatic heterocycles. The van der Waals surface area contributed by atoms with Crippen molar-refractivity contribution in [2.45, 2.75) is 9.49 Å². The molecule has 0 aliphatic rings. The minimum absolute atomic E-state index is 0.274. The smallest absolute Gasteiger partial charge is 0.0907 e. The van der Waals surface area contributed by atoms with Crippen molar-refractivity contribution in [2.24, 2.45) is 0 Å². The molecule has 6 aromatic carbocycles. The molecule has 0 bridgehead atoms. The molecule has 0 amide bonds. The maximum Gasteiger partial charge on any atom is 0.0907 e. The lowest BCUT2D eigenvalue weighted by atomic mass is 9.84. The zero-order valence-corrected chi connectivity index (χ0v) is 29.0. The van der Waals surface area contributed by atoms with E-state index in [0.29, 0.717) is 0 Å².